The molecule has 0 spiro atoms. The van der Waals surface area contributed by atoms with Crippen molar-refractivity contribution in [1.29, 1.82) is 0 Å². The van der Waals surface area contributed by atoms with Crippen LogP contribution in [-0.2, 0) is 6.42 Å². The summed E-state index contributed by atoms with van der Waals surface area (Å²) >= 11 is 0. The molecule has 20 heavy (non-hydrogen) atoms. The first-order chi connectivity index (χ1) is 9.76. The van der Waals surface area contributed by atoms with Crippen LogP contribution in [0.15, 0.2) is 48.5 Å². The lowest BCUT2D eigenvalue weighted by Gasteiger charge is -2.13. The second-order valence-corrected chi connectivity index (χ2v) is 5.39. The molecule has 1 atom stereocenters. The quantitative estimate of drug-likeness (QED) is 0.892. The summed E-state index contributed by atoms with van der Waals surface area (Å²) in [5, 5.41) is 10.5. The van der Waals surface area contributed by atoms with Crippen molar-refractivity contribution in [2.45, 2.75) is 38.4 Å². The molecule has 0 radical (unpaired) electrons. The molecule has 1 aliphatic carbocycles. The van der Waals surface area contributed by atoms with Crippen molar-refractivity contribution >= 4 is 0 Å². The van der Waals surface area contributed by atoms with Crippen molar-refractivity contribution in [3.63, 3.8) is 0 Å². The highest BCUT2D eigenvalue weighted by Gasteiger charge is 2.23. The molecule has 104 valence electrons. The van der Waals surface area contributed by atoms with E-state index in [4.69, 9.17) is 4.74 Å². The molecule has 0 heterocycles. The first-order valence-corrected chi connectivity index (χ1v) is 7.30. The normalized spacial score (nSPS) is 15.9. The van der Waals surface area contributed by atoms with Crippen LogP contribution in [0.3, 0.4) is 0 Å². The maximum atomic E-state index is 10.5. The van der Waals surface area contributed by atoms with Gasteiger partial charge < -0.3 is 9.84 Å². The van der Waals surface area contributed by atoms with Crippen LogP contribution in [0.25, 0.3) is 0 Å². The van der Waals surface area contributed by atoms with Gasteiger partial charge in [0.15, 0.2) is 0 Å². The fourth-order valence-electron chi connectivity index (χ4n) is 2.26. The highest BCUT2D eigenvalue weighted by molar-refractivity contribution is 5.36. The molecule has 1 unspecified atom stereocenters. The van der Waals surface area contributed by atoms with Crippen molar-refractivity contribution in [2.75, 3.05) is 0 Å². The number of aryl methyl sites for hydroxylation is 1. The van der Waals surface area contributed by atoms with Crippen LogP contribution in [0.4, 0.5) is 0 Å². The summed E-state index contributed by atoms with van der Waals surface area (Å²) in [5.41, 5.74) is 3.09. The van der Waals surface area contributed by atoms with Gasteiger partial charge in [0.2, 0.25) is 0 Å². The number of aliphatic hydroxyl groups is 1. The van der Waals surface area contributed by atoms with Crippen LogP contribution in [0.1, 0.15) is 42.6 Å². The van der Waals surface area contributed by atoms with E-state index in [0.717, 1.165) is 36.1 Å². The van der Waals surface area contributed by atoms with Gasteiger partial charge in [-0.05, 0) is 48.1 Å². The van der Waals surface area contributed by atoms with Gasteiger partial charge in [-0.3, -0.25) is 0 Å². The number of benzene rings is 2. The summed E-state index contributed by atoms with van der Waals surface area (Å²) in [6, 6.07) is 15.9. The van der Waals surface area contributed by atoms with E-state index in [9.17, 15) is 5.11 Å². The highest BCUT2D eigenvalue weighted by atomic mass is 16.5. The van der Waals surface area contributed by atoms with Crippen LogP contribution in [0, 0.1) is 0 Å². The average Bonchev–Trinajstić information content (AvgIpc) is 3.31. The molecule has 1 fully saturated rings. The van der Waals surface area contributed by atoms with Gasteiger partial charge in [-0.1, -0.05) is 43.3 Å². The molecule has 1 aliphatic rings. The van der Waals surface area contributed by atoms with E-state index in [2.05, 4.69) is 19.1 Å². The Morgan fingerprint density at radius 1 is 1.10 bits per heavy atom. The minimum atomic E-state index is -0.594. The second-order valence-electron chi connectivity index (χ2n) is 5.39. The number of ether oxygens (including phenoxy) is 1. The molecule has 1 N–H and O–H groups in total. The standard InChI is InChI=1S/C18H20O2/c1-2-13-6-8-14(9-7-13)18(19)15-4-3-5-17(12-15)20-16-10-11-16/h3-9,12,16,18-19H,2,10-11H2,1H3. The van der Waals surface area contributed by atoms with Crippen LogP contribution >= 0.6 is 0 Å². The van der Waals surface area contributed by atoms with Crippen LogP contribution in [0.2, 0.25) is 0 Å². The zero-order chi connectivity index (χ0) is 13.9. The van der Waals surface area contributed by atoms with Crippen LogP contribution < -0.4 is 4.74 Å². The van der Waals surface area contributed by atoms with E-state index in [1.54, 1.807) is 0 Å². The van der Waals surface area contributed by atoms with E-state index >= 15 is 0 Å². The minimum absolute atomic E-state index is 0.381. The molecule has 0 saturated heterocycles. The molecular formula is C18H20O2. The Morgan fingerprint density at radius 2 is 1.85 bits per heavy atom. The molecular weight excluding hydrogens is 248 g/mol. The molecule has 0 aliphatic heterocycles. The monoisotopic (exact) mass is 268 g/mol. The zero-order valence-corrected chi connectivity index (χ0v) is 11.8. The highest BCUT2D eigenvalue weighted by Crippen LogP contribution is 2.30. The van der Waals surface area contributed by atoms with E-state index < -0.39 is 6.10 Å². The fraction of sp³-hybridized carbons (Fsp3) is 0.333. The average molecular weight is 268 g/mol. The Labute approximate surface area is 120 Å². The summed E-state index contributed by atoms with van der Waals surface area (Å²) in [4.78, 5) is 0. The van der Waals surface area contributed by atoms with Crippen LogP contribution in [-0.4, -0.2) is 11.2 Å². The number of rotatable bonds is 5. The maximum absolute atomic E-state index is 10.5. The zero-order valence-electron chi connectivity index (χ0n) is 11.8. The van der Waals surface area contributed by atoms with E-state index in [1.165, 1.54) is 5.56 Å². The first-order valence-electron chi connectivity index (χ1n) is 7.30. The Hall–Kier alpha value is -1.80. The second kappa shape index (κ2) is 5.68. The predicted octanol–water partition coefficient (Wildman–Crippen LogP) is 3.87. The van der Waals surface area contributed by atoms with Gasteiger partial charge in [-0.25, -0.2) is 0 Å². The third kappa shape index (κ3) is 3.02. The van der Waals surface area contributed by atoms with Crippen molar-refractivity contribution < 1.29 is 9.84 Å². The van der Waals surface area contributed by atoms with Crippen LogP contribution in [0.5, 0.6) is 5.75 Å². The lowest BCUT2D eigenvalue weighted by atomic mass is 10.00. The van der Waals surface area contributed by atoms with Crippen molar-refractivity contribution in [1.82, 2.24) is 0 Å². The molecule has 2 aromatic carbocycles. The summed E-state index contributed by atoms with van der Waals surface area (Å²) in [6.07, 6.45) is 3.09. The van der Waals surface area contributed by atoms with Gasteiger partial charge in [-0.2, -0.15) is 0 Å². The molecule has 0 aromatic heterocycles. The molecule has 3 rings (SSSR count). The molecule has 2 nitrogen and oxygen atoms in total. The number of hydrogen-bond acceptors (Lipinski definition) is 2. The lowest BCUT2D eigenvalue weighted by molar-refractivity contribution is 0.219. The molecule has 0 bridgehead atoms. The topological polar surface area (TPSA) is 29.5 Å². The number of aliphatic hydroxyl groups excluding tert-OH is 1. The van der Waals surface area contributed by atoms with Crippen molar-refractivity contribution in [3.05, 3.63) is 65.2 Å². The van der Waals surface area contributed by atoms with E-state index in [0.29, 0.717) is 6.10 Å². The Kier molecular flexibility index (Phi) is 3.75. The Morgan fingerprint density at radius 3 is 2.50 bits per heavy atom. The van der Waals surface area contributed by atoms with Crippen molar-refractivity contribution in [3.8, 4) is 5.75 Å². The Bertz CT molecular complexity index is 570. The SMILES string of the molecule is CCc1ccc(C(O)c2cccc(OC3CC3)c2)cc1. The molecule has 0 amide bonds. The minimum Gasteiger partial charge on any atom is -0.490 e. The van der Waals surface area contributed by atoms with E-state index in [-0.39, 0.29) is 0 Å². The van der Waals surface area contributed by atoms with Gasteiger partial charge in [0.25, 0.3) is 0 Å². The summed E-state index contributed by atoms with van der Waals surface area (Å²) in [5.74, 6) is 0.856. The summed E-state index contributed by atoms with van der Waals surface area (Å²) < 4.78 is 5.78. The van der Waals surface area contributed by atoms with E-state index in [1.807, 2.05) is 36.4 Å². The van der Waals surface area contributed by atoms with Gasteiger partial charge in [0, 0.05) is 0 Å². The third-order valence-electron chi connectivity index (χ3n) is 3.70. The predicted molar refractivity (Wildman–Crippen MR) is 80.0 cm³/mol. The molecule has 2 heteroatoms. The Balaban J connectivity index is 1.79. The number of hydrogen-bond donors (Lipinski definition) is 1. The van der Waals surface area contributed by atoms with Crippen molar-refractivity contribution in [2.24, 2.45) is 0 Å². The maximum Gasteiger partial charge on any atom is 0.120 e. The molecule has 1 saturated carbocycles. The first kappa shape index (κ1) is 13.2. The summed E-state index contributed by atoms with van der Waals surface area (Å²) in [7, 11) is 0. The molecule has 2 aromatic rings. The third-order valence-corrected chi connectivity index (χ3v) is 3.70. The summed E-state index contributed by atoms with van der Waals surface area (Å²) in [6.45, 7) is 2.13. The smallest absolute Gasteiger partial charge is 0.120 e. The lowest BCUT2D eigenvalue weighted by Crippen LogP contribution is -2.01. The van der Waals surface area contributed by atoms with Gasteiger partial charge in [0.05, 0.1) is 6.10 Å². The van der Waals surface area contributed by atoms with Gasteiger partial charge in [-0.15, -0.1) is 0 Å². The fourth-order valence-corrected chi connectivity index (χ4v) is 2.26. The van der Waals surface area contributed by atoms with Gasteiger partial charge >= 0.3 is 0 Å². The largest absolute Gasteiger partial charge is 0.490 e. The van der Waals surface area contributed by atoms with Gasteiger partial charge in [0.1, 0.15) is 11.9 Å².